The number of rotatable bonds is 6. The van der Waals surface area contributed by atoms with Gasteiger partial charge in [-0.3, -0.25) is 14.5 Å². The lowest BCUT2D eigenvalue weighted by Gasteiger charge is -2.25. The topological polar surface area (TPSA) is 70.1 Å². The highest BCUT2D eigenvalue weighted by Crippen LogP contribution is 2.43. The molecule has 2 aliphatic rings. The predicted octanol–water partition coefficient (Wildman–Crippen LogP) is 1.40. The standard InChI is InChI=1S/C18H24N2O4S/c1-24-10-16(21)20-9-14-8-19(11-18(14,12-20)17(22)23)7-13-4-3-5-15(6-13)25-2/h3-6,14H,7-12H2,1-2H3,(H,22,23)/t14-,18-/m0/s1. The van der Waals surface area contributed by atoms with Gasteiger partial charge in [-0.2, -0.15) is 0 Å². The van der Waals surface area contributed by atoms with Crippen molar-refractivity contribution in [1.82, 2.24) is 9.80 Å². The van der Waals surface area contributed by atoms with Gasteiger partial charge in [-0.15, -0.1) is 11.8 Å². The Morgan fingerprint density at radius 3 is 2.80 bits per heavy atom. The number of thioether (sulfide) groups is 1. The molecule has 0 radical (unpaired) electrons. The maximum Gasteiger partial charge on any atom is 0.313 e. The smallest absolute Gasteiger partial charge is 0.313 e. The molecule has 1 N–H and O–H groups in total. The lowest BCUT2D eigenvalue weighted by Crippen LogP contribution is -2.42. The van der Waals surface area contributed by atoms with E-state index in [1.54, 1.807) is 16.7 Å². The number of nitrogens with zero attached hydrogens (tertiary/aromatic N) is 2. The molecule has 2 saturated heterocycles. The number of methoxy groups -OCH3 is 1. The summed E-state index contributed by atoms with van der Waals surface area (Å²) in [5.74, 6) is -0.961. The van der Waals surface area contributed by atoms with Crippen molar-refractivity contribution in [3.63, 3.8) is 0 Å². The van der Waals surface area contributed by atoms with Crippen molar-refractivity contribution in [2.75, 3.05) is 46.2 Å². The highest BCUT2D eigenvalue weighted by Gasteiger charge is 2.58. The molecule has 2 atom stereocenters. The Bertz CT molecular complexity index is 668. The normalized spacial score (nSPS) is 26.0. The number of hydrogen-bond donors (Lipinski definition) is 1. The van der Waals surface area contributed by atoms with Gasteiger partial charge in [-0.25, -0.2) is 0 Å². The molecule has 1 amide bonds. The van der Waals surface area contributed by atoms with E-state index in [2.05, 4.69) is 23.1 Å². The average Bonchev–Trinajstić information content (AvgIpc) is 3.10. The molecule has 2 fully saturated rings. The maximum absolute atomic E-state index is 12.1. The molecule has 0 saturated carbocycles. The van der Waals surface area contributed by atoms with Crippen LogP contribution in [-0.4, -0.2) is 72.9 Å². The molecule has 25 heavy (non-hydrogen) atoms. The largest absolute Gasteiger partial charge is 0.481 e. The molecule has 0 unspecified atom stereocenters. The van der Waals surface area contributed by atoms with Crippen LogP contribution in [0.4, 0.5) is 0 Å². The van der Waals surface area contributed by atoms with E-state index >= 15 is 0 Å². The van der Waals surface area contributed by atoms with E-state index in [0.717, 1.165) is 6.54 Å². The number of carbonyl (C=O) groups excluding carboxylic acids is 1. The van der Waals surface area contributed by atoms with Gasteiger partial charge in [0.1, 0.15) is 12.0 Å². The molecule has 0 bridgehead atoms. The number of benzene rings is 1. The second kappa shape index (κ2) is 7.35. The van der Waals surface area contributed by atoms with Crippen molar-refractivity contribution in [2.24, 2.45) is 11.3 Å². The molecule has 0 spiro atoms. The van der Waals surface area contributed by atoms with Crippen LogP contribution in [0.2, 0.25) is 0 Å². The van der Waals surface area contributed by atoms with E-state index in [9.17, 15) is 14.7 Å². The molecular weight excluding hydrogens is 340 g/mol. The van der Waals surface area contributed by atoms with Crippen LogP contribution in [0.15, 0.2) is 29.2 Å². The van der Waals surface area contributed by atoms with E-state index in [1.165, 1.54) is 17.6 Å². The van der Waals surface area contributed by atoms with Gasteiger partial charge in [0.25, 0.3) is 0 Å². The number of carboxylic acid groups (broad SMARTS) is 1. The average molecular weight is 364 g/mol. The van der Waals surface area contributed by atoms with Gasteiger partial charge in [0.2, 0.25) is 5.91 Å². The van der Waals surface area contributed by atoms with Crippen LogP contribution in [0.1, 0.15) is 5.56 Å². The Balaban J connectivity index is 1.71. The molecule has 7 heteroatoms. The number of ether oxygens (including phenoxy) is 1. The number of hydrogen-bond acceptors (Lipinski definition) is 5. The summed E-state index contributed by atoms with van der Waals surface area (Å²) in [6.45, 7) is 2.70. The first kappa shape index (κ1) is 18.2. The number of carbonyl (C=O) groups is 2. The third-order valence-electron chi connectivity index (χ3n) is 5.27. The first-order valence-electron chi connectivity index (χ1n) is 8.34. The molecule has 0 aliphatic carbocycles. The zero-order valence-corrected chi connectivity index (χ0v) is 15.4. The second-order valence-corrected chi connectivity index (χ2v) is 7.77. The quantitative estimate of drug-likeness (QED) is 0.770. The monoisotopic (exact) mass is 364 g/mol. The van der Waals surface area contributed by atoms with Crippen LogP contribution in [0, 0.1) is 11.3 Å². The summed E-state index contributed by atoms with van der Waals surface area (Å²) >= 11 is 1.70. The molecule has 3 rings (SSSR count). The lowest BCUT2D eigenvalue weighted by molar-refractivity contribution is -0.149. The van der Waals surface area contributed by atoms with Crippen molar-refractivity contribution in [2.45, 2.75) is 11.4 Å². The Labute approximate surface area is 152 Å². The van der Waals surface area contributed by atoms with Gasteiger partial charge in [-0.1, -0.05) is 12.1 Å². The van der Waals surface area contributed by atoms with Crippen molar-refractivity contribution in [1.29, 1.82) is 0 Å². The summed E-state index contributed by atoms with van der Waals surface area (Å²) in [4.78, 5) is 29.2. The molecule has 1 aromatic carbocycles. The number of aliphatic carboxylic acids is 1. The molecule has 2 aliphatic heterocycles. The van der Waals surface area contributed by atoms with E-state index in [4.69, 9.17) is 4.74 Å². The second-order valence-electron chi connectivity index (χ2n) is 6.89. The molecule has 136 valence electrons. The first-order chi connectivity index (χ1) is 12.0. The molecule has 1 aromatic rings. The zero-order chi connectivity index (χ0) is 18.0. The fourth-order valence-electron chi connectivity index (χ4n) is 4.03. The highest BCUT2D eigenvalue weighted by atomic mass is 32.2. The van der Waals surface area contributed by atoms with Crippen LogP contribution >= 0.6 is 11.8 Å². The van der Waals surface area contributed by atoms with Gasteiger partial charge in [-0.05, 0) is 24.0 Å². The third kappa shape index (κ3) is 3.54. The molecule has 2 heterocycles. The summed E-state index contributed by atoms with van der Waals surface area (Å²) < 4.78 is 4.90. The minimum atomic E-state index is -0.861. The zero-order valence-electron chi connectivity index (χ0n) is 14.6. The number of fused-ring (bicyclic) bond motifs is 1. The molecular formula is C18H24N2O4S. The SMILES string of the molecule is COCC(=O)N1C[C@@H]2CN(Cc3cccc(SC)c3)C[C@]2(C(=O)O)C1. The third-order valence-corrected chi connectivity index (χ3v) is 5.99. The van der Waals surface area contributed by atoms with Crippen LogP contribution in [0.5, 0.6) is 0 Å². The van der Waals surface area contributed by atoms with Crippen molar-refractivity contribution < 1.29 is 19.4 Å². The van der Waals surface area contributed by atoms with Gasteiger partial charge in [0, 0.05) is 50.6 Å². The highest BCUT2D eigenvalue weighted by molar-refractivity contribution is 7.98. The molecule has 6 nitrogen and oxygen atoms in total. The lowest BCUT2D eigenvalue weighted by atomic mass is 9.81. The van der Waals surface area contributed by atoms with E-state index in [0.29, 0.717) is 19.6 Å². The van der Waals surface area contributed by atoms with E-state index in [-0.39, 0.29) is 25.0 Å². The fourth-order valence-corrected chi connectivity index (χ4v) is 4.51. The number of carboxylic acids is 1. The van der Waals surface area contributed by atoms with E-state index in [1.807, 2.05) is 12.3 Å². The van der Waals surface area contributed by atoms with Crippen molar-refractivity contribution in [3.05, 3.63) is 29.8 Å². The van der Waals surface area contributed by atoms with Gasteiger partial charge < -0.3 is 14.7 Å². The summed E-state index contributed by atoms with van der Waals surface area (Å²) in [5, 5.41) is 9.87. The predicted molar refractivity (Wildman–Crippen MR) is 95.5 cm³/mol. The van der Waals surface area contributed by atoms with Gasteiger partial charge >= 0.3 is 5.97 Å². The summed E-state index contributed by atoms with van der Waals surface area (Å²) in [6, 6.07) is 8.34. The van der Waals surface area contributed by atoms with Crippen molar-refractivity contribution >= 4 is 23.6 Å². The Morgan fingerprint density at radius 2 is 2.16 bits per heavy atom. The molecule has 0 aromatic heterocycles. The van der Waals surface area contributed by atoms with Crippen LogP contribution in [0.3, 0.4) is 0 Å². The Kier molecular flexibility index (Phi) is 5.36. The summed E-state index contributed by atoms with van der Waals surface area (Å²) in [7, 11) is 1.48. The summed E-state index contributed by atoms with van der Waals surface area (Å²) in [6.07, 6.45) is 2.05. The first-order valence-corrected chi connectivity index (χ1v) is 9.56. The number of likely N-dealkylation sites (tertiary alicyclic amines) is 2. The Hall–Kier alpha value is -1.57. The summed E-state index contributed by atoms with van der Waals surface area (Å²) in [5.41, 5.74) is 0.334. The van der Waals surface area contributed by atoms with Crippen molar-refractivity contribution in [3.8, 4) is 0 Å². The minimum Gasteiger partial charge on any atom is -0.481 e. The maximum atomic E-state index is 12.1. The fraction of sp³-hybridized carbons (Fsp3) is 0.556. The van der Waals surface area contributed by atoms with Gasteiger partial charge in [0.15, 0.2) is 0 Å². The van der Waals surface area contributed by atoms with Crippen LogP contribution in [0.25, 0.3) is 0 Å². The van der Waals surface area contributed by atoms with E-state index < -0.39 is 11.4 Å². The van der Waals surface area contributed by atoms with Crippen LogP contribution in [-0.2, 0) is 20.9 Å². The Morgan fingerprint density at radius 1 is 1.36 bits per heavy atom. The van der Waals surface area contributed by atoms with Gasteiger partial charge in [0.05, 0.1) is 0 Å². The van der Waals surface area contributed by atoms with Crippen LogP contribution < -0.4 is 0 Å². The number of amides is 1. The minimum absolute atomic E-state index is 0.00755.